The van der Waals surface area contributed by atoms with Crippen LogP contribution >= 0.6 is 24.8 Å². The van der Waals surface area contributed by atoms with Gasteiger partial charge >= 0.3 is 0 Å². The Hall–Kier alpha value is -1.93. The summed E-state index contributed by atoms with van der Waals surface area (Å²) >= 11 is 0. The summed E-state index contributed by atoms with van der Waals surface area (Å²) in [6, 6.07) is 6.93. The van der Waals surface area contributed by atoms with Crippen LogP contribution in [0.4, 0.5) is 0 Å². The Morgan fingerprint density at radius 3 is 2.30 bits per heavy atom. The molecular weight excluding hydrogens is 393 g/mol. The maximum absolute atomic E-state index is 12.3. The van der Waals surface area contributed by atoms with Gasteiger partial charge < -0.3 is 20.3 Å². The molecule has 1 unspecified atom stereocenters. The molecule has 3 N–H and O–H groups in total. The van der Waals surface area contributed by atoms with Gasteiger partial charge in [0.1, 0.15) is 5.75 Å². The highest BCUT2D eigenvalue weighted by Gasteiger charge is 2.45. The minimum absolute atomic E-state index is 0. The van der Waals surface area contributed by atoms with E-state index < -0.39 is 17.6 Å². The smallest absolute Gasteiger partial charge is 0.252 e. The number of amides is 1. The summed E-state index contributed by atoms with van der Waals surface area (Å²) in [7, 11) is 0. The van der Waals surface area contributed by atoms with E-state index in [4.69, 9.17) is 4.74 Å². The van der Waals surface area contributed by atoms with Crippen molar-refractivity contribution in [3.05, 3.63) is 54.6 Å². The normalized spacial score (nSPS) is 23.6. The minimum Gasteiger partial charge on any atom is -0.491 e. The van der Waals surface area contributed by atoms with Crippen LogP contribution in [0.3, 0.4) is 0 Å². The monoisotopic (exact) mass is 415 g/mol. The lowest BCUT2D eigenvalue weighted by Gasteiger charge is -2.29. The van der Waals surface area contributed by atoms with Crippen LogP contribution in [0.1, 0.15) is 23.2 Å². The molecule has 148 valence electrons. The molecule has 2 aromatic heterocycles. The number of pyridine rings is 2. The third-order valence-electron chi connectivity index (χ3n) is 4.46. The number of carbonyl (C=O) groups is 1. The lowest BCUT2D eigenvalue weighted by atomic mass is 9.86. The zero-order chi connectivity index (χ0) is 17.7. The molecule has 1 amide bonds. The fraction of sp³-hybridized carbons (Fsp3) is 0.389. The number of nitrogens with one attached hydrogen (secondary N) is 1. The number of hydrogen-bond acceptors (Lipinski definition) is 6. The van der Waals surface area contributed by atoms with Crippen LogP contribution in [-0.2, 0) is 0 Å². The Morgan fingerprint density at radius 2 is 1.74 bits per heavy atom. The Bertz CT molecular complexity index is 696. The highest BCUT2D eigenvalue weighted by molar-refractivity contribution is 5.93. The van der Waals surface area contributed by atoms with Crippen molar-refractivity contribution < 1.29 is 19.7 Å². The van der Waals surface area contributed by atoms with Crippen LogP contribution in [0.15, 0.2) is 49.1 Å². The van der Waals surface area contributed by atoms with Crippen molar-refractivity contribution in [1.29, 1.82) is 0 Å². The van der Waals surface area contributed by atoms with Gasteiger partial charge in [0.05, 0.1) is 30.6 Å². The average Bonchev–Trinajstić information content (AvgIpc) is 2.94. The number of halogens is 2. The largest absolute Gasteiger partial charge is 0.491 e. The van der Waals surface area contributed by atoms with Gasteiger partial charge in [-0.2, -0.15) is 0 Å². The number of aliphatic hydroxyl groups is 2. The molecule has 2 aromatic rings. The van der Waals surface area contributed by atoms with Crippen molar-refractivity contribution in [2.24, 2.45) is 5.41 Å². The van der Waals surface area contributed by atoms with E-state index in [1.54, 1.807) is 42.9 Å². The Balaban J connectivity index is 0.00000182. The van der Waals surface area contributed by atoms with E-state index in [1.807, 2.05) is 0 Å². The van der Waals surface area contributed by atoms with E-state index in [2.05, 4.69) is 15.3 Å². The van der Waals surface area contributed by atoms with Crippen molar-refractivity contribution >= 4 is 30.7 Å². The molecule has 27 heavy (non-hydrogen) atoms. The van der Waals surface area contributed by atoms with Crippen LogP contribution in [0.2, 0.25) is 0 Å². The predicted octanol–water partition coefficient (Wildman–Crippen LogP) is 1.63. The second-order valence-electron chi connectivity index (χ2n) is 6.44. The molecule has 0 aliphatic heterocycles. The van der Waals surface area contributed by atoms with E-state index in [9.17, 15) is 15.0 Å². The van der Waals surface area contributed by atoms with Gasteiger partial charge in [-0.05, 0) is 37.1 Å². The molecular formula is C18H23Cl2N3O4. The SMILES string of the molecule is Cl.Cl.O=C(NCC1(COc2cccnc2)C[C@@H](O)[C@@H](O)C1)c1cccnc1. The molecule has 0 aromatic carbocycles. The molecule has 1 aliphatic carbocycles. The highest BCUT2D eigenvalue weighted by Crippen LogP contribution is 2.38. The van der Waals surface area contributed by atoms with Gasteiger partial charge in [-0.1, -0.05) is 0 Å². The van der Waals surface area contributed by atoms with Crippen molar-refractivity contribution in [2.75, 3.05) is 13.2 Å². The zero-order valence-corrected chi connectivity index (χ0v) is 16.2. The fourth-order valence-corrected chi connectivity index (χ4v) is 3.09. The third kappa shape index (κ3) is 6.04. The lowest BCUT2D eigenvalue weighted by molar-refractivity contribution is 0.0438. The molecule has 0 bridgehead atoms. The van der Waals surface area contributed by atoms with Crippen LogP contribution in [-0.4, -0.2) is 51.4 Å². The molecule has 7 nitrogen and oxygen atoms in total. The summed E-state index contributed by atoms with van der Waals surface area (Å²) in [4.78, 5) is 20.2. The average molecular weight is 416 g/mol. The molecule has 2 heterocycles. The maximum Gasteiger partial charge on any atom is 0.252 e. The van der Waals surface area contributed by atoms with Crippen molar-refractivity contribution in [3.63, 3.8) is 0 Å². The quantitative estimate of drug-likeness (QED) is 0.661. The number of aliphatic hydroxyl groups excluding tert-OH is 2. The second kappa shape index (κ2) is 10.4. The van der Waals surface area contributed by atoms with E-state index >= 15 is 0 Å². The van der Waals surface area contributed by atoms with Crippen molar-refractivity contribution in [3.8, 4) is 5.75 Å². The number of ether oxygens (including phenoxy) is 1. The standard InChI is InChI=1S/C18H21N3O4.2ClH/c22-15-7-18(8-16(15)23,12-25-14-4-2-6-20-10-14)11-21-17(24)13-3-1-5-19-9-13;;/h1-6,9-10,15-16,22-23H,7-8,11-12H2,(H,21,24);2*1H/t15-,16+,18?;;. The Kier molecular flexibility index (Phi) is 8.92. The minimum atomic E-state index is -0.826. The van der Waals surface area contributed by atoms with Gasteiger partial charge in [0, 0.05) is 30.6 Å². The van der Waals surface area contributed by atoms with Crippen LogP contribution in [0.25, 0.3) is 0 Å². The number of rotatable bonds is 6. The maximum atomic E-state index is 12.3. The number of aromatic nitrogens is 2. The molecule has 3 atom stereocenters. The molecule has 9 heteroatoms. The first-order chi connectivity index (χ1) is 12.1. The summed E-state index contributed by atoms with van der Waals surface area (Å²) in [5, 5.41) is 22.8. The first-order valence-corrected chi connectivity index (χ1v) is 8.15. The predicted molar refractivity (Wildman–Crippen MR) is 104 cm³/mol. The van der Waals surface area contributed by atoms with Crippen LogP contribution < -0.4 is 10.1 Å². The van der Waals surface area contributed by atoms with Crippen LogP contribution in [0, 0.1) is 5.41 Å². The lowest BCUT2D eigenvalue weighted by Crippen LogP contribution is -2.40. The fourth-order valence-electron chi connectivity index (χ4n) is 3.09. The summed E-state index contributed by atoms with van der Waals surface area (Å²) < 4.78 is 5.78. The molecule has 0 saturated heterocycles. The van der Waals surface area contributed by atoms with E-state index in [0.29, 0.717) is 24.2 Å². The highest BCUT2D eigenvalue weighted by atomic mass is 35.5. The molecule has 0 spiro atoms. The van der Waals surface area contributed by atoms with Crippen molar-refractivity contribution in [1.82, 2.24) is 15.3 Å². The summed E-state index contributed by atoms with van der Waals surface area (Å²) in [6.07, 6.45) is 5.39. The Labute approximate surface area is 170 Å². The third-order valence-corrected chi connectivity index (χ3v) is 4.46. The van der Waals surface area contributed by atoms with Crippen molar-refractivity contribution in [2.45, 2.75) is 25.0 Å². The van der Waals surface area contributed by atoms with Gasteiger partial charge in [0.15, 0.2) is 0 Å². The van der Waals surface area contributed by atoms with E-state index in [1.165, 1.54) is 6.20 Å². The summed E-state index contributed by atoms with van der Waals surface area (Å²) in [6.45, 7) is 0.551. The first kappa shape index (κ1) is 23.1. The van der Waals surface area contributed by atoms with E-state index in [-0.39, 0.29) is 43.9 Å². The van der Waals surface area contributed by atoms with Gasteiger partial charge in [0.2, 0.25) is 0 Å². The van der Waals surface area contributed by atoms with E-state index in [0.717, 1.165) is 0 Å². The van der Waals surface area contributed by atoms with Gasteiger partial charge in [-0.15, -0.1) is 24.8 Å². The molecule has 1 fully saturated rings. The first-order valence-electron chi connectivity index (χ1n) is 8.15. The summed E-state index contributed by atoms with van der Waals surface area (Å²) in [5.41, 5.74) is -0.0862. The Morgan fingerprint density at radius 1 is 1.11 bits per heavy atom. The number of carbonyl (C=O) groups excluding carboxylic acids is 1. The summed E-state index contributed by atoms with van der Waals surface area (Å²) in [5.74, 6) is 0.362. The number of hydrogen-bond donors (Lipinski definition) is 3. The topological polar surface area (TPSA) is 105 Å². The molecule has 1 saturated carbocycles. The molecule has 3 rings (SSSR count). The molecule has 0 radical (unpaired) electrons. The molecule has 1 aliphatic rings. The number of nitrogens with zero attached hydrogens (tertiary/aromatic N) is 2. The van der Waals surface area contributed by atoms with Gasteiger partial charge in [0.25, 0.3) is 5.91 Å². The zero-order valence-electron chi connectivity index (χ0n) is 14.5. The second-order valence-corrected chi connectivity index (χ2v) is 6.44. The van der Waals surface area contributed by atoms with Crippen LogP contribution in [0.5, 0.6) is 5.75 Å². The van der Waals surface area contributed by atoms with Gasteiger partial charge in [-0.3, -0.25) is 14.8 Å². The van der Waals surface area contributed by atoms with Gasteiger partial charge in [-0.25, -0.2) is 0 Å².